The summed E-state index contributed by atoms with van der Waals surface area (Å²) < 4.78 is 1.03. The quantitative estimate of drug-likeness (QED) is 0.588. The van der Waals surface area contributed by atoms with Crippen molar-refractivity contribution in [3.63, 3.8) is 0 Å². The number of hydrogen-bond acceptors (Lipinski definition) is 6. The minimum absolute atomic E-state index is 0.137. The standard InChI is InChI=1S/C22H30N4O4S/c1-14(2)11-17(24-20(28)19-12-15-5-3-4-6-18(15)31-19)22(30)26-9-7-25(8-10-26)21(29)16(23)13-27/h3-6,12,14,16-17,27H,7-11,13,23H2,1-2H3,(H,24,28)/t16-,17-/m0/s1. The van der Waals surface area contributed by atoms with Crippen molar-refractivity contribution in [2.75, 3.05) is 32.8 Å². The molecule has 0 aliphatic carbocycles. The third kappa shape index (κ3) is 5.61. The van der Waals surface area contributed by atoms with Crippen LogP contribution in [0.3, 0.4) is 0 Å². The maximum absolute atomic E-state index is 13.2. The number of nitrogens with one attached hydrogen (secondary N) is 1. The van der Waals surface area contributed by atoms with Crippen LogP contribution in [-0.4, -0.2) is 77.5 Å². The lowest BCUT2D eigenvalue weighted by atomic mass is 10.0. The van der Waals surface area contributed by atoms with Crippen LogP contribution in [-0.2, 0) is 9.59 Å². The van der Waals surface area contributed by atoms with Gasteiger partial charge in [0.15, 0.2) is 0 Å². The van der Waals surface area contributed by atoms with E-state index in [-0.39, 0.29) is 23.6 Å². The molecule has 1 aliphatic rings. The van der Waals surface area contributed by atoms with E-state index in [1.54, 1.807) is 9.80 Å². The number of nitrogens with two attached hydrogens (primary N) is 1. The summed E-state index contributed by atoms with van der Waals surface area (Å²) in [6.07, 6.45) is 0.532. The van der Waals surface area contributed by atoms with E-state index in [1.807, 2.05) is 44.2 Å². The van der Waals surface area contributed by atoms with E-state index < -0.39 is 18.7 Å². The van der Waals surface area contributed by atoms with Gasteiger partial charge in [0, 0.05) is 30.9 Å². The Morgan fingerprint density at radius 2 is 1.71 bits per heavy atom. The third-order valence-corrected chi connectivity index (χ3v) is 6.49. The molecule has 3 rings (SSSR count). The molecule has 1 saturated heterocycles. The van der Waals surface area contributed by atoms with E-state index in [1.165, 1.54) is 11.3 Å². The van der Waals surface area contributed by atoms with Gasteiger partial charge in [-0.3, -0.25) is 14.4 Å². The normalized spacial score (nSPS) is 16.4. The number of piperazine rings is 1. The number of benzene rings is 1. The van der Waals surface area contributed by atoms with Crippen LogP contribution in [0.4, 0.5) is 0 Å². The zero-order valence-corrected chi connectivity index (χ0v) is 18.7. The highest BCUT2D eigenvalue weighted by Crippen LogP contribution is 2.25. The molecule has 1 aliphatic heterocycles. The summed E-state index contributed by atoms with van der Waals surface area (Å²) in [5.74, 6) is -0.474. The van der Waals surface area contributed by atoms with Gasteiger partial charge in [-0.1, -0.05) is 32.0 Å². The summed E-state index contributed by atoms with van der Waals surface area (Å²) in [6.45, 7) is 5.08. The van der Waals surface area contributed by atoms with Crippen molar-refractivity contribution in [3.05, 3.63) is 35.2 Å². The Morgan fingerprint density at radius 3 is 2.29 bits per heavy atom. The first-order valence-electron chi connectivity index (χ1n) is 10.5. The maximum atomic E-state index is 13.2. The Labute approximate surface area is 186 Å². The highest BCUT2D eigenvalue weighted by atomic mass is 32.1. The number of aliphatic hydroxyl groups excluding tert-OH is 1. The topological polar surface area (TPSA) is 116 Å². The van der Waals surface area contributed by atoms with E-state index in [4.69, 9.17) is 10.8 Å². The Balaban J connectivity index is 1.65. The van der Waals surface area contributed by atoms with Crippen molar-refractivity contribution in [1.82, 2.24) is 15.1 Å². The minimum Gasteiger partial charge on any atom is -0.394 e. The first kappa shape index (κ1) is 23.2. The Kier molecular flexibility index (Phi) is 7.64. The van der Waals surface area contributed by atoms with Gasteiger partial charge in [-0.15, -0.1) is 11.3 Å². The smallest absolute Gasteiger partial charge is 0.262 e. The largest absolute Gasteiger partial charge is 0.394 e. The number of rotatable bonds is 7. The van der Waals surface area contributed by atoms with Gasteiger partial charge in [-0.2, -0.15) is 0 Å². The lowest BCUT2D eigenvalue weighted by molar-refractivity contribution is -0.142. The van der Waals surface area contributed by atoms with E-state index in [2.05, 4.69) is 5.32 Å². The number of aliphatic hydroxyl groups is 1. The van der Waals surface area contributed by atoms with Crippen LogP contribution in [0.2, 0.25) is 0 Å². The zero-order chi connectivity index (χ0) is 22.5. The molecule has 1 aromatic carbocycles. The van der Waals surface area contributed by atoms with Crippen LogP contribution in [0, 0.1) is 5.92 Å². The Morgan fingerprint density at radius 1 is 1.10 bits per heavy atom. The molecule has 0 saturated carbocycles. The van der Waals surface area contributed by atoms with Gasteiger partial charge < -0.3 is 26.0 Å². The molecule has 0 unspecified atom stereocenters. The second-order valence-corrected chi connectivity index (χ2v) is 9.33. The monoisotopic (exact) mass is 446 g/mol. The van der Waals surface area contributed by atoms with E-state index in [0.717, 1.165) is 10.1 Å². The highest BCUT2D eigenvalue weighted by molar-refractivity contribution is 7.20. The Hall–Kier alpha value is -2.49. The van der Waals surface area contributed by atoms with Crippen LogP contribution in [0.5, 0.6) is 0 Å². The van der Waals surface area contributed by atoms with Crippen LogP contribution in [0.15, 0.2) is 30.3 Å². The fourth-order valence-electron chi connectivity index (χ4n) is 3.70. The van der Waals surface area contributed by atoms with Gasteiger partial charge in [-0.25, -0.2) is 0 Å². The van der Waals surface area contributed by atoms with E-state index >= 15 is 0 Å². The number of hydrogen-bond donors (Lipinski definition) is 3. The molecule has 2 heterocycles. The average molecular weight is 447 g/mol. The summed E-state index contributed by atoms with van der Waals surface area (Å²) in [5, 5.41) is 13.0. The second-order valence-electron chi connectivity index (χ2n) is 8.24. The molecule has 2 atom stereocenters. The lowest BCUT2D eigenvalue weighted by Gasteiger charge is -2.37. The molecule has 3 amide bonds. The number of carbonyl (C=O) groups excluding carboxylic acids is 3. The molecular formula is C22H30N4O4S. The van der Waals surface area contributed by atoms with E-state index in [0.29, 0.717) is 37.5 Å². The summed E-state index contributed by atoms with van der Waals surface area (Å²) >= 11 is 1.41. The van der Waals surface area contributed by atoms with Crippen molar-refractivity contribution < 1.29 is 19.5 Å². The summed E-state index contributed by atoms with van der Waals surface area (Å²) in [7, 11) is 0. The molecule has 0 spiro atoms. The second kappa shape index (κ2) is 10.2. The molecule has 8 nitrogen and oxygen atoms in total. The molecule has 0 radical (unpaired) electrons. The SMILES string of the molecule is CC(C)C[C@H](NC(=O)c1cc2ccccc2s1)C(=O)N1CCN(C(=O)[C@@H](N)CO)CC1. The first-order valence-corrected chi connectivity index (χ1v) is 11.3. The van der Waals surface area contributed by atoms with Crippen molar-refractivity contribution in [1.29, 1.82) is 0 Å². The first-order chi connectivity index (χ1) is 14.8. The number of thiophene rings is 1. The summed E-state index contributed by atoms with van der Waals surface area (Å²) in [6, 6.07) is 8.08. The molecule has 168 valence electrons. The third-order valence-electron chi connectivity index (χ3n) is 5.38. The number of nitrogens with zero attached hydrogens (tertiary/aromatic N) is 2. The van der Waals surface area contributed by atoms with Crippen LogP contribution in [0.25, 0.3) is 10.1 Å². The van der Waals surface area contributed by atoms with Crippen molar-refractivity contribution in [2.24, 2.45) is 11.7 Å². The van der Waals surface area contributed by atoms with Gasteiger partial charge in [0.2, 0.25) is 11.8 Å². The predicted octanol–water partition coefficient (Wildman–Crippen LogP) is 1.04. The number of fused-ring (bicyclic) bond motifs is 1. The molecule has 9 heteroatoms. The van der Waals surface area contributed by atoms with Crippen molar-refractivity contribution in [2.45, 2.75) is 32.4 Å². The fraction of sp³-hybridized carbons (Fsp3) is 0.500. The molecule has 4 N–H and O–H groups in total. The molecule has 1 aromatic heterocycles. The molecule has 0 bridgehead atoms. The predicted molar refractivity (Wildman–Crippen MR) is 121 cm³/mol. The number of carbonyl (C=O) groups is 3. The minimum atomic E-state index is -0.934. The summed E-state index contributed by atoms with van der Waals surface area (Å²) in [4.78, 5) is 42.0. The van der Waals surface area contributed by atoms with Gasteiger partial charge in [0.25, 0.3) is 5.91 Å². The maximum Gasteiger partial charge on any atom is 0.262 e. The van der Waals surface area contributed by atoms with Crippen molar-refractivity contribution in [3.8, 4) is 0 Å². The number of amides is 3. The van der Waals surface area contributed by atoms with Gasteiger partial charge >= 0.3 is 0 Å². The van der Waals surface area contributed by atoms with Gasteiger partial charge in [-0.05, 0) is 29.9 Å². The van der Waals surface area contributed by atoms with Crippen LogP contribution in [0.1, 0.15) is 29.9 Å². The molecule has 1 fully saturated rings. The van der Waals surface area contributed by atoms with Gasteiger partial charge in [0.1, 0.15) is 12.1 Å². The molecule has 31 heavy (non-hydrogen) atoms. The lowest BCUT2D eigenvalue weighted by Crippen LogP contribution is -2.58. The average Bonchev–Trinajstić information content (AvgIpc) is 3.21. The highest BCUT2D eigenvalue weighted by Gasteiger charge is 2.31. The molecular weight excluding hydrogens is 416 g/mol. The van der Waals surface area contributed by atoms with Crippen molar-refractivity contribution >= 4 is 39.1 Å². The van der Waals surface area contributed by atoms with Crippen LogP contribution >= 0.6 is 11.3 Å². The zero-order valence-electron chi connectivity index (χ0n) is 17.9. The summed E-state index contributed by atoms with van der Waals surface area (Å²) in [5.41, 5.74) is 5.61. The van der Waals surface area contributed by atoms with Gasteiger partial charge in [0.05, 0.1) is 11.5 Å². The Bertz CT molecular complexity index is 903. The van der Waals surface area contributed by atoms with Crippen LogP contribution < -0.4 is 11.1 Å². The molecule has 2 aromatic rings. The fourth-order valence-corrected chi connectivity index (χ4v) is 4.66. The van der Waals surface area contributed by atoms with E-state index in [9.17, 15) is 14.4 Å².